The van der Waals surface area contributed by atoms with Crippen LogP contribution in [0.3, 0.4) is 0 Å². The Balaban J connectivity index is 1.55. The van der Waals surface area contributed by atoms with E-state index in [-0.39, 0.29) is 6.03 Å². The normalized spacial score (nSPS) is 18.2. The van der Waals surface area contributed by atoms with Crippen molar-refractivity contribution >= 4 is 6.03 Å². The van der Waals surface area contributed by atoms with Gasteiger partial charge in [0.2, 0.25) is 0 Å². The number of carbonyl (C=O) groups excluding carboxylic acids is 1. The van der Waals surface area contributed by atoms with Gasteiger partial charge in [0, 0.05) is 32.7 Å². The summed E-state index contributed by atoms with van der Waals surface area (Å²) in [6.45, 7) is 4.35. The van der Waals surface area contributed by atoms with Crippen LogP contribution in [0.2, 0.25) is 0 Å². The van der Waals surface area contributed by atoms with Gasteiger partial charge in [-0.25, -0.2) is 4.79 Å². The number of hydrogen-bond acceptors (Lipinski definition) is 2. The fourth-order valence-electron chi connectivity index (χ4n) is 2.84. The van der Waals surface area contributed by atoms with Gasteiger partial charge in [-0.05, 0) is 36.0 Å². The highest BCUT2D eigenvalue weighted by atomic mass is 16.2. The van der Waals surface area contributed by atoms with Crippen molar-refractivity contribution in [2.24, 2.45) is 0 Å². The minimum atomic E-state index is 0.0818. The van der Waals surface area contributed by atoms with E-state index in [1.807, 2.05) is 4.90 Å². The van der Waals surface area contributed by atoms with E-state index < -0.39 is 0 Å². The predicted molar refractivity (Wildman–Crippen MR) is 74.6 cm³/mol. The van der Waals surface area contributed by atoms with E-state index >= 15 is 0 Å². The lowest BCUT2D eigenvalue weighted by Gasteiger charge is -2.26. The molecule has 4 nitrogen and oxygen atoms in total. The number of amides is 2. The number of likely N-dealkylation sites (tertiary alicyclic amines) is 1. The van der Waals surface area contributed by atoms with Crippen LogP contribution in [0.25, 0.3) is 0 Å². The largest absolute Gasteiger partial charge is 0.334 e. The maximum atomic E-state index is 12.0. The van der Waals surface area contributed by atoms with E-state index in [1.54, 1.807) is 0 Å². The number of piperidine rings is 1. The van der Waals surface area contributed by atoms with Gasteiger partial charge < -0.3 is 15.5 Å². The summed E-state index contributed by atoms with van der Waals surface area (Å²) >= 11 is 0. The average Bonchev–Trinajstić information content (AvgIpc) is 2.93. The van der Waals surface area contributed by atoms with E-state index in [9.17, 15) is 4.79 Å². The Hall–Kier alpha value is -1.55. The van der Waals surface area contributed by atoms with Crippen LogP contribution in [0.4, 0.5) is 4.79 Å². The van der Waals surface area contributed by atoms with E-state index in [0.717, 1.165) is 39.0 Å². The third-order valence-corrected chi connectivity index (χ3v) is 3.99. The molecular weight excluding hydrogens is 238 g/mol. The smallest absolute Gasteiger partial charge is 0.317 e. The molecule has 3 rings (SSSR count). The van der Waals surface area contributed by atoms with Gasteiger partial charge in [-0.1, -0.05) is 18.2 Å². The summed E-state index contributed by atoms with van der Waals surface area (Å²) in [6.07, 6.45) is 3.53. The summed E-state index contributed by atoms with van der Waals surface area (Å²) in [4.78, 5) is 13.9. The molecule has 2 heterocycles. The summed E-state index contributed by atoms with van der Waals surface area (Å²) in [5.41, 5.74) is 3.93. The maximum absolute atomic E-state index is 12.0. The lowest BCUT2D eigenvalue weighted by atomic mass is 10.1. The molecule has 1 saturated heterocycles. The van der Waals surface area contributed by atoms with Crippen LogP contribution in [-0.2, 0) is 19.6 Å². The van der Waals surface area contributed by atoms with Gasteiger partial charge in [0.05, 0.1) is 0 Å². The Morgan fingerprint density at radius 1 is 1.16 bits per heavy atom. The second-order valence-electron chi connectivity index (χ2n) is 5.41. The number of urea groups is 1. The Bertz CT molecular complexity index is 466. The van der Waals surface area contributed by atoms with Crippen molar-refractivity contribution in [1.82, 2.24) is 15.5 Å². The summed E-state index contributed by atoms with van der Waals surface area (Å²) in [5, 5.41) is 6.36. The molecule has 2 aliphatic heterocycles. The van der Waals surface area contributed by atoms with Gasteiger partial charge in [-0.2, -0.15) is 0 Å². The van der Waals surface area contributed by atoms with Gasteiger partial charge in [-0.15, -0.1) is 0 Å². The van der Waals surface area contributed by atoms with Crippen molar-refractivity contribution in [3.63, 3.8) is 0 Å². The van der Waals surface area contributed by atoms with Crippen molar-refractivity contribution in [3.8, 4) is 0 Å². The zero-order valence-corrected chi connectivity index (χ0v) is 11.2. The minimum absolute atomic E-state index is 0.0818. The molecule has 2 amide bonds. The van der Waals surface area contributed by atoms with Gasteiger partial charge >= 0.3 is 6.03 Å². The molecule has 0 saturated carbocycles. The van der Waals surface area contributed by atoms with Crippen LogP contribution < -0.4 is 10.6 Å². The Kier molecular flexibility index (Phi) is 3.69. The summed E-state index contributed by atoms with van der Waals surface area (Å²) < 4.78 is 0. The van der Waals surface area contributed by atoms with E-state index in [1.165, 1.54) is 23.1 Å². The van der Waals surface area contributed by atoms with Gasteiger partial charge in [-0.3, -0.25) is 0 Å². The molecule has 0 radical (unpaired) electrons. The first-order chi connectivity index (χ1) is 9.33. The third kappa shape index (κ3) is 2.89. The maximum Gasteiger partial charge on any atom is 0.317 e. The predicted octanol–water partition coefficient (Wildman–Crippen LogP) is 1.99. The SMILES string of the molecule is O=C(NCc1ccc2c(c1)CNC2)N1CCCCC1. The molecule has 0 unspecified atom stereocenters. The number of rotatable bonds is 2. The molecule has 2 aliphatic rings. The number of fused-ring (bicyclic) bond motifs is 1. The lowest BCUT2D eigenvalue weighted by Crippen LogP contribution is -2.42. The molecule has 1 aromatic rings. The van der Waals surface area contributed by atoms with E-state index in [4.69, 9.17) is 0 Å². The zero-order valence-electron chi connectivity index (χ0n) is 11.2. The van der Waals surface area contributed by atoms with Crippen LogP contribution >= 0.6 is 0 Å². The molecule has 0 aromatic heterocycles. The average molecular weight is 259 g/mol. The molecule has 0 spiro atoms. The van der Waals surface area contributed by atoms with Gasteiger partial charge in [0.15, 0.2) is 0 Å². The highest BCUT2D eigenvalue weighted by molar-refractivity contribution is 5.74. The second kappa shape index (κ2) is 5.61. The van der Waals surface area contributed by atoms with Crippen LogP contribution in [0, 0.1) is 0 Å². The number of hydrogen-bond donors (Lipinski definition) is 2. The summed E-state index contributed by atoms with van der Waals surface area (Å²) in [6, 6.07) is 6.56. The number of nitrogens with one attached hydrogen (secondary N) is 2. The summed E-state index contributed by atoms with van der Waals surface area (Å²) in [5.74, 6) is 0. The lowest BCUT2D eigenvalue weighted by molar-refractivity contribution is 0.186. The second-order valence-corrected chi connectivity index (χ2v) is 5.41. The molecule has 4 heteroatoms. The molecule has 1 fully saturated rings. The molecule has 0 aliphatic carbocycles. The van der Waals surface area contributed by atoms with Crippen LogP contribution in [0.15, 0.2) is 18.2 Å². The Labute approximate surface area is 114 Å². The minimum Gasteiger partial charge on any atom is -0.334 e. The van der Waals surface area contributed by atoms with Crippen molar-refractivity contribution in [2.45, 2.75) is 38.9 Å². The standard InChI is InChI=1S/C15H21N3O/c19-15(18-6-2-1-3-7-18)17-9-12-4-5-13-10-16-11-14(13)8-12/h4-5,8,16H,1-3,6-7,9-11H2,(H,17,19). The van der Waals surface area contributed by atoms with Crippen LogP contribution in [0.1, 0.15) is 36.0 Å². The fraction of sp³-hybridized carbons (Fsp3) is 0.533. The molecule has 2 N–H and O–H groups in total. The molecule has 19 heavy (non-hydrogen) atoms. The van der Waals surface area contributed by atoms with Gasteiger partial charge in [0.1, 0.15) is 0 Å². The van der Waals surface area contributed by atoms with E-state index in [0.29, 0.717) is 6.54 Å². The molecular formula is C15H21N3O. The number of benzene rings is 1. The van der Waals surface area contributed by atoms with Gasteiger partial charge in [0.25, 0.3) is 0 Å². The number of carbonyl (C=O) groups is 1. The Morgan fingerprint density at radius 2 is 1.95 bits per heavy atom. The fourth-order valence-corrected chi connectivity index (χ4v) is 2.84. The molecule has 1 aromatic carbocycles. The van der Waals surface area contributed by atoms with Crippen LogP contribution in [0.5, 0.6) is 0 Å². The van der Waals surface area contributed by atoms with Crippen molar-refractivity contribution < 1.29 is 4.79 Å². The first-order valence-corrected chi connectivity index (χ1v) is 7.17. The highest BCUT2D eigenvalue weighted by Gasteiger charge is 2.16. The van der Waals surface area contributed by atoms with Crippen LogP contribution in [-0.4, -0.2) is 24.0 Å². The zero-order chi connectivity index (χ0) is 13.1. The third-order valence-electron chi connectivity index (χ3n) is 3.99. The Morgan fingerprint density at radius 3 is 2.79 bits per heavy atom. The monoisotopic (exact) mass is 259 g/mol. The number of nitrogens with zero attached hydrogens (tertiary/aromatic N) is 1. The highest BCUT2D eigenvalue weighted by Crippen LogP contribution is 2.17. The quantitative estimate of drug-likeness (QED) is 0.853. The first kappa shape index (κ1) is 12.5. The first-order valence-electron chi connectivity index (χ1n) is 7.17. The molecule has 102 valence electrons. The van der Waals surface area contributed by atoms with Crippen molar-refractivity contribution in [1.29, 1.82) is 0 Å². The summed E-state index contributed by atoms with van der Waals surface area (Å²) in [7, 11) is 0. The molecule has 0 bridgehead atoms. The van der Waals surface area contributed by atoms with Crippen molar-refractivity contribution in [2.75, 3.05) is 13.1 Å². The molecule has 0 atom stereocenters. The topological polar surface area (TPSA) is 44.4 Å². The van der Waals surface area contributed by atoms with Crippen molar-refractivity contribution in [3.05, 3.63) is 34.9 Å². The van der Waals surface area contributed by atoms with E-state index in [2.05, 4.69) is 28.8 Å².